The van der Waals surface area contributed by atoms with Gasteiger partial charge in [-0.15, -0.1) is 0 Å². The van der Waals surface area contributed by atoms with Gasteiger partial charge in [-0.1, -0.05) is 13.8 Å². The maximum absolute atomic E-state index is 11.5. The highest BCUT2D eigenvalue weighted by molar-refractivity contribution is 5.79. The highest BCUT2D eigenvalue weighted by atomic mass is 16.5. The molecule has 15 heavy (non-hydrogen) atoms. The van der Waals surface area contributed by atoms with Gasteiger partial charge in [0, 0.05) is 38.3 Å². The fraction of sp³-hybridized carbons (Fsp3) is 0.909. The summed E-state index contributed by atoms with van der Waals surface area (Å²) in [5, 5.41) is 0. The summed E-state index contributed by atoms with van der Waals surface area (Å²) in [4.78, 5) is 13.4. The predicted molar refractivity (Wildman–Crippen MR) is 59.5 cm³/mol. The smallest absolute Gasteiger partial charge is 0.224 e. The highest BCUT2D eigenvalue weighted by Gasteiger charge is 2.32. The van der Waals surface area contributed by atoms with Crippen LogP contribution in [0.1, 0.15) is 33.1 Å². The molecule has 88 valence electrons. The molecule has 0 bridgehead atoms. The van der Waals surface area contributed by atoms with Crippen molar-refractivity contribution in [3.8, 4) is 0 Å². The molecular weight excluding hydrogens is 192 g/mol. The summed E-state index contributed by atoms with van der Waals surface area (Å²) in [7, 11) is 0. The summed E-state index contributed by atoms with van der Waals surface area (Å²) >= 11 is 0. The van der Waals surface area contributed by atoms with Crippen LogP contribution in [-0.2, 0) is 9.53 Å². The standard InChI is InChI=1S/C9H16N2O2.C2H6/c10-7-5-9(12)11(6-7)8-1-3-13-4-2-8;1-2/h7-8H,1-6,10H2;1-2H3. The van der Waals surface area contributed by atoms with E-state index in [9.17, 15) is 4.79 Å². The minimum Gasteiger partial charge on any atom is -0.381 e. The largest absolute Gasteiger partial charge is 0.381 e. The van der Waals surface area contributed by atoms with Gasteiger partial charge >= 0.3 is 0 Å². The number of nitrogens with zero attached hydrogens (tertiary/aromatic N) is 1. The first-order valence-electron chi connectivity index (χ1n) is 5.90. The predicted octanol–water partition coefficient (Wildman–Crippen LogP) is 0.751. The first-order chi connectivity index (χ1) is 7.27. The number of nitrogens with two attached hydrogens (primary N) is 1. The van der Waals surface area contributed by atoms with Gasteiger partial charge in [-0.3, -0.25) is 4.79 Å². The van der Waals surface area contributed by atoms with E-state index in [0.29, 0.717) is 12.5 Å². The van der Waals surface area contributed by atoms with Gasteiger partial charge in [0.05, 0.1) is 0 Å². The van der Waals surface area contributed by atoms with Crippen LogP contribution in [0.15, 0.2) is 0 Å². The highest BCUT2D eigenvalue weighted by Crippen LogP contribution is 2.20. The third-order valence-electron chi connectivity index (χ3n) is 2.82. The lowest BCUT2D eigenvalue weighted by Crippen LogP contribution is -2.41. The van der Waals surface area contributed by atoms with Crippen molar-refractivity contribution < 1.29 is 9.53 Å². The Bertz CT molecular complexity index is 203. The lowest BCUT2D eigenvalue weighted by Gasteiger charge is -2.31. The zero-order valence-electron chi connectivity index (χ0n) is 9.74. The topological polar surface area (TPSA) is 55.6 Å². The monoisotopic (exact) mass is 214 g/mol. The Morgan fingerprint density at radius 2 is 1.93 bits per heavy atom. The van der Waals surface area contributed by atoms with Gasteiger partial charge in [0.1, 0.15) is 0 Å². The molecule has 2 N–H and O–H groups in total. The summed E-state index contributed by atoms with van der Waals surface area (Å²) in [5.41, 5.74) is 5.73. The SMILES string of the molecule is CC.NC1CC(=O)N(C2CCOCC2)C1. The number of carbonyl (C=O) groups is 1. The van der Waals surface area contributed by atoms with E-state index in [0.717, 1.165) is 32.6 Å². The molecule has 2 rings (SSSR count). The zero-order chi connectivity index (χ0) is 11.3. The van der Waals surface area contributed by atoms with Gasteiger partial charge in [0.15, 0.2) is 0 Å². The van der Waals surface area contributed by atoms with Crippen LogP contribution < -0.4 is 5.73 Å². The Kier molecular flexibility index (Phi) is 5.05. The Balaban J connectivity index is 0.000000531. The van der Waals surface area contributed by atoms with Crippen molar-refractivity contribution in [3.05, 3.63) is 0 Å². The fourth-order valence-corrected chi connectivity index (χ4v) is 2.11. The second-order valence-electron chi connectivity index (χ2n) is 3.85. The second-order valence-corrected chi connectivity index (χ2v) is 3.85. The Morgan fingerprint density at radius 1 is 1.33 bits per heavy atom. The summed E-state index contributed by atoms with van der Waals surface area (Å²) in [6, 6.07) is 0.435. The van der Waals surface area contributed by atoms with Gasteiger partial charge in [0.2, 0.25) is 5.91 Å². The van der Waals surface area contributed by atoms with Gasteiger partial charge in [-0.25, -0.2) is 0 Å². The van der Waals surface area contributed by atoms with Crippen LogP contribution in [0.4, 0.5) is 0 Å². The first-order valence-corrected chi connectivity index (χ1v) is 5.90. The Morgan fingerprint density at radius 3 is 2.40 bits per heavy atom. The van der Waals surface area contributed by atoms with E-state index < -0.39 is 0 Å². The molecule has 2 heterocycles. The van der Waals surface area contributed by atoms with Crippen LogP contribution in [0.25, 0.3) is 0 Å². The van der Waals surface area contributed by atoms with E-state index in [1.165, 1.54) is 0 Å². The summed E-state index contributed by atoms with van der Waals surface area (Å²) in [6.07, 6.45) is 2.47. The molecule has 0 saturated carbocycles. The van der Waals surface area contributed by atoms with Gasteiger partial charge in [-0.2, -0.15) is 0 Å². The molecule has 1 unspecified atom stereocenters. The van der Waals surface area contributed by atoms with Crippen molar-refractivity contribution in [2.45, 2.75) is 45.2 Å². The van der Waals surface area contributed by atoms with Crippen LogP contribution in [0.2, 0.25) is 0 Å². The molecule has 1 amide bonds. The molecule has 2 fully saturated rings. The van der Waals surface area contributed by atoms with E-state index in [2.05, 4.69) is 0 Å². The first kappa shape index (κ1) is 12.5. The number of hydrogen-bond acceptors (Lipinski definition) is 3. The molecule has 0 aromatic rings. The second kappa shape index (κ2) is 6.08. The van der Waals surface area contributed by atoms with Crippen LogP contribution in [0, 0.1) is 0 Å². The van der Waals surface area contributed by atoms with Gasteiger partial charge < -0.3 is 15.4 Å². The number of ether oxygens (including phenoxy) is 1. The lowest BCUT2D eigenvalue weighted by molar-refractivity contribution is -0.131. The number of likely N-dealkylation sites (tertiary alicyclic amines) is 1. The molecule has 0 radical (unpaired) electrons. The van der Waals surface area contributed by atoms with E-state index in [1.54, 1.807) is 0 Å². The van der Waals surface area contributed by atoms with Crippen LogP contribution >= 0.6 is 0 Å². The third-order valence-corrected chi connectivity index (χ3v) is 2.82. The van der Waals surface area contributed by atoms with Crippen LogP contribution in [0.5, 0.6) is 0 Å². The Labute approximate surface area is 91.8 Å². The number of hydrogen-bond donors (Lipinski definition) is 1. The van der Waals surface area contributed by atoms with Crippen molar-refractivity contribution in [2.24, 2.45) is 5.73 Å². The minimum absolute atomic E-state index is 0.0512. The molecule has 0 aromatic heterocycles. The summed E-state index contributed by atoms with van der Waals surface area (Å²) < 4.78 is 5.25. The van der Waals surface area contributed by atoms with Crippen molar-refractivity contribution in [1.29, 1.82) is 0 Å². The molecular formula is C11H22N2O2. The van der Waals surface area contributed by atoms with E-state index in [-0.39, 0.29) is 11.9 Å². The number of amides is 1. The molecule has 4 nitrogen and oxygen atoms in total. The van der Waals surface area contributed by atoms with Crippen molar-refractivity contribution in [1.82, 2.24) is 4.90 Å². The summed E-state index contributed by atoms with van der Waals surface area (Å²) in [6.45, 7) is 6.30. The molecule has 1 atom stereocenters. The number of carbonyl (C=O) groups excluding carboxylic acids is 1. The van der Waals surface area contributed by atoms with E-state index >= 15 is 0 Å². The normalized spacial score (nSPS) is 27.5. The molecule has 4 heteroatoms. The molecule has 0 aliphatic carbocycles. The van der Waals surface area contributed by atoms with Crippen molar-refractivity contribution in [2.75, 3.05) is 19.8 Å². The molecule has 2 saturated heterocycles. The van der Waals surface area contributed by atoms with Gasteiger partial charge in [-0.05, 0) is 12.8 Å². The van der Waals surface area contributed by atoms with Gasteiger partial charge in [0.25, 0.3) is 0 Å². The quantitative estimate of drug-likeness (QED) is 0.701. The number of rotatable bonds is 1. The van der Waals surface area contributed by atoms with E-state index in [4.69, 9.17) is 10.5 Å². The lowest BCUT2D eigenvalue weighted by atomic mass is 10.1. The molecule has 2 aliphatic rings. The van der Waals surface area contributed by atoms with Crippen LogP contribution in [0.3, 0.4) is 0 Å². The average Bonchev–Trinajstić information content (AvgIpc) is 2.62. The Hall–Kier alpha value is -0.610. The van der Waals surface area contributed by atoms with Crippen molar-refractivity contribution >= 4 is 5.91 Å². The summed E-state index contributed by atoms with van der Waals surface area (Å²) in [5.74, 6) is 0.222. The van der Waals surface area contributed by atoms with Crippen LogP contribution in [-0.4, -0.2) is 42.6 Å². The molecule has 2 aliphatic heterocycles. The maximum atomic E-state index is 11.5. The average molecular weight is 214 g/mol. The molecule has 0 spiro atoms. The third kappa shape index (κ3) is 3.18. The van der Waals surface area contributed by atoms with Crippen molar-refractivity contribution in [3.63, 3.8) is 0 Å². The molecule has 0 aromatic carbocycles. The van der Waals surface area contributed by atoms with E-state index in [1.807, 2.05) is 18.7 Å². The zero-order valence-corrected chi connectivity index (χ0v) is 9.74. The minimum atomic E-state index is 0.0512. The maximum Gasteiger partial charge on any atom is 0.224 e. The fourth-order valence-electron chi connectivity index (χ4n) is 2.11.